The number of rotatable bonds is 9. The second kappa shape index (κ2) is 8.90. The second-order valence-corrected chi connectivity index (χ2v) is 6.88. The van der Waals surface area contributed by atoms with E-state index in [9.17, 15) is 4.39 Å². The molecule has 0 aliphatic rings. The smallest absolute Gasteiger partial charge is 0.184 e. The van der Waals surface area contributed by atoms with Gasteiger partial charge in [-0.15, -0.1) is 0 Å². The molecule has 0 aliphatic heterocycles. The van der Waals surface area contributed by atoms with E-state index >= 15 is 0 Å². The summed E-state index contributed by atoms with van der Waals surface area (Å²) in [5.41, 5.74) is 3.32. The van der Waals surface area contributed by atoms with Gasteiger partial charge in [-0.25, -0.2) is 14.1 Å². The molecular formula is C20H26FN5O. The highest BCUT2D eigenvalue weighted by molar-refractivity contribution is 5.51. The Morgan fingerprint density at radius 2 is 1.89 bits per heavy atom. The van der Waals surface area contributed by atoms with E-state index in [1.165, 1.54) is 11.1 Å². The molecule has 0 saturated heterocycles. The van der Waals surface area contributed by atoms with Gasteiger partial charge in [0.1, 0.15) is 12.5 Å². The van der Waals surface area contributed by atoms with Gasteiger partial charge in [0.15, 0.2) is 5.82 Å². The van der Waals surface area contributed by atoms with Gasteiger partial charge in [0.05, 0.1) is 31.5 Å². The monoisotopic (exact) mass is 371 g/mol. The number of nitrogens with zero attached hydrogens (tertiary/aromatic N) is 5. The zero-order valence-corrected chi connectivity index (χ0v) is 15.8. The highest BCUT2D eigenvalue weighted by Crippen LogP contribution is 2.18. The zero-order chi connectivity index (χ0) is 19.2. The Bertz CT molecular complexity index is 854. The largest absolute Gasteiger partial charge is 0.394 e. The number of aliphatic hydroxyl groups excluding tert-OH is 1. The van der Waals surface area contributed by atoms with Crippen molar-refractivity contribution in [2.75, 3.05) is 13.3 Å². The first-order valence-electron chi connectivity index (χ1n) is 9.33. The fourth-order valence-corrected chi connectivity index (χ4v) is 2.97. The van der Waals surface area contributed by atoms with Crippen LogP contribution in [0.4, 0.5) is 4.39 Å². The van der Waals surface area contributed by atoms with Crippen LogP contribution in [0.3, 0.4) is 0 Å². The molecule has 0 radical (unpaired) electrons. The zero-order valence-electron chi connectivity index (χ0n) is 15.8. The first kappa shape index (κ1) is 19.2. The van der Waals surface area contributed by atoms with E-state index in [0.29, 0.717) is 24.7 Å². The van der Waals surface area contributed by atoms with Crippen molar-refractivity contribution in [1.29, 1.82) is 0 Å². The molecule has 6 nitrogen and oxygen atoms in total. The summed E-state index contributed by atoms with van der Waals surface area (Å²) in [5.74, 6) is 1.82. The summed E-state index contributed by atoms with van der Waals surface area (Å²) in [6, 6.07) is 8.61. The van der Waals surface area contributed by atoms with Gasteiger partial charge in [-0.05, 0) is 23.5 Å². The standard InChI is InChI=1S/C20H26FN5O/c1-15(2)17-6-3-16(4-7-17)5-8-19-23-20(24-26(19)10-9-21)18-13-22-25(14-18)11-12-27/h3-4,6-7,13-15,27H,5,8-12H2,1-2H3. The molecule has 0 bridgehead atoms. The number of hydrogen-bond acceptors (Lipinski definition) is 4. The molecule has 0 aliphatic carbocycles. The van der Waals surface area contributed by atoms with Crippen LogP contribution in [0.2, 0.25) is 0 Å². The Hall–Kier alpha value is -2.54. The number of alkyl halides is 1. The Balaban J connectivity index is 1.74. The first-order chi connectivity index (χ1) is 13.1. The minimum absolute atomic E-state index is 0.0195. The minimum atomic E-state index is -0.483. The topological polar surface area (TPSA) is 68.8 Å². The maximum absolute atomic E-state index is 12.9. The molecule has 0 fully saturated rings. The molecule has 2 heterocycles. The molecular weight excluding hydrogens is 345 g/mol. The summed E-state index contributed by atoms with van der Waals surface area (Å²) < 4.78 is 16.2. The molecule has 7 heteroatoms. The fourth-order valence-electron chi connectivity index (χ4n) is 2.97. The first-order valence-corrected chi connectivity index (χ1v) is 9.33. The van der Waals surface area contributed by atoms with Crippen molar-refractivity contribution < 1.29 is 9.50 Å². The second-order valence-electron chi connectivity index (χ2n) is 6.88. The average molecular weight is 371 g/mol. The molecule has 0 unspecified atom stereocenters. The van der Waals surface area contributed by atoms with Gasteiger partial charge in [0.2, 0.25) is 0 Å². The molecule has 3 rings (SSSR count). The van der Waals surface area contributed by atoms with Crippen molar-refractivity contribution in [1.82, 2.24) is 24.5 Å². The predicted molar refractivity (Wildman–Crippen MR) is 102 cm³/mol. The predicted octanol–water partition coefficient (Wildman–Crippen LogP) is 3.01. The van der Waals surface area contributed by atoms with Crippen LogP contribution < -0.4 is 0 Å². The van der Waals surface area contributed by atoms with Crippen LogP contribution in [0.25, 0.3) is 11.4 Å². The van der Waals surface area contributed by atoms with Crippen LogP contribution >= 0.6 is 0 Å². The number of aryl methyl sites for hydroxylation is 3. The van der Waals surface area contributed by atoms with Crippen molar-refractivity contribution in [3.63, 3.8) is 0 Å². The van der Waals surface area contributed by atoms with Crippen molar-refractivity contribution in [2.24, 2.45) is 0 Å². The summed E-state index contributed by atoms with van der Waals surface area (Å²) in [4.78, 5) is 4.60. The lowest BCUT2D eigenvalue weighted by atomic mass is 10.0. The number of benzene rings is 1. The molecule has 144 valence electrons. The molecule has 0 spiro atoms. The van der Waals surface area contributed by atoms with Gasteiger partial charge in [-0.1, -0.05) is 38.1 Å². The average Bonchev–Trinajstić information content (AvgIpc) is 3.28. The third-order valence-corrected chi connectivity index (χ3v) is 4.55. The molecule has 3 aromatic rings. The van der Waals surface area contributed by atoms with Gasteiger partial charge in [-0.3, -0.25) is 4.68 Å². The highest BCUT2D eigenvalue weighted by atomic mass is 19.1. The van der Waals surface area contributed by atoms with E-state index < -0.39 is 6.67 Å². The van der Waals surface area contributed by atoms with Crippen LogP contribution in [0, 0.1) is 0 Å². The Kier molecular flexibility index (Phi) is 6.34. The summed E-state index contributed by atoms with van der Waals surface area (Å²) in [5, 5.41) is 17.6. The molecule has 1 aromatic carbocycles. The summed E-state index contributed by atoms with van der Waals surface area (Å²) in [7, 11) is 0. The van der Waals surface area contributed by atoms with E-state index in [1.54, 1.807) is 21.8 Å². The summed E-state index contributed by atoms with van der Waals surface area (Å²) >= 11 is 0. The summed E-state index contributed by atoms with van der Waals surface area (Å²) in [6.07, 6.45) is 4.98. The van der Waals surface area contributed by atoms with Gasteiger partial charge < -0.3 is 5.11 Å². The highest BCUT2D eigenvalue weighted by Gasteiger charge is 2.13. The molecule has 0 saturated carbocycles. The normalized spacial score (nSPS) is 11.4. The maximum Gasteiger partial charge on any atom is 0.184 e. The molecule has 27 heavy (non-hydrogen) atoms. The van der Waals surface area contributed by atoms with Crippen molar-refractivity contribution in [3.8, 4) is 11.4 Å². The van der Waals surface area contributed by atoms with Crippen molar-refractivity contribution >= 4 is 0 Å². The van der Waals surface area contributed by atoms with Crippen LogP contribution in [0.5, 0.6) is 0 Å². The lowest BCUT2D eigenvalue weighted by Gasteiger charge is -2.07. The van der Waals surface area contributed by atoms with Crippen LogP contribution in [-0.4, -0.2) is 42.9 Å². The minimum Gasteiger partial charge on any atom is -0.394 e. The number of halogens is 1. The number of hydrogen-bond donors (Lipinski definition) is 1. The number of aliphatic hydroxyl groups is 1. The molecule has 1 N–H and O–H groups in total. The van der Waals surface area contributed by atoms with Crippen LogP contribution in [0.1, 0.15) is 36.7 Å². The Morgan fingerprint density at radius 1 is 1.11 bits per heavy atom. The lowest BCUT2D eigenvalue weighted by Crippen LogP contribution is -2.08. The molecule has 2 aromatic heterocycles. The fraction of sp³-hybridized carbons (Fsp3) is 0.450. The van der Waals surface area contributed by atoms with E-state index in [0.717, 1.165) is 17.8 Å². The van der Waals surface area contributed by atoms with E-state index in [2.05, 4.69) is 53.3 Å². The summed E-state index contributed by atoms with van der Waals surface area (Å²) in [6.45, 7) is 4.51. The van der Waals surface area contributed by atoms with Gasteiger partial charge in [-0.2, -0.15) is 10.2 Å². The van der Waals surface area contributed by atoms with Crippen LogP contribution in [-0.2, 0) is 25.9 Å². The van der Waals surface area contributed by atoms with E-state index in [4.69, 9.17) is 5.11 Å². The third kappa shape index (κ3) is 4.80. The van der Waals surface area contributed by atoms with Crippen molar-refractivity contribution in [2.45, 2.75) is 45.7 Å². The Morgan fingerprint density at radius 3 is 2.56 bits per heavy atom. The molecule has 0 amide bonds. The Labute approximate surface area is 158 Å². The number of aromatic nitrogens is 5. The van der Waals surface area contributed by atoms with E-state index in [1.807, 2.05) is 0 Å². The molecule has 0 atom stereocenters. The third-order valence-electron chi connectivity index (χ3n) is 4.55. The maximum atomic E-state index is 12.9. The van der Waals surface area contributed by atoms with Gasteiger partial charge in [0, 0.05) is 12.6 Å². The van der Waals surface area contributed by atoms with Crippen molar-refractivity contribution in [3.05, 3.63) is 53.6 Å². The lowest BCUT2D eigenvalue weighted by molar-refractivity contribution is 0.269. The quantitative estimate of drug-likeness (QED) is 0.628. The van der Waals surface area contributed by atoms with Crippen LogP contribution in [0.15, 0.2) is 36.7 Å². The van der Waals surface area contributed by atoms with E-state index in [-0.39, 0.29) is 13.2 Å². The van der Waals surface area contributed by atoms with Gasteiger partial charge >= 0.3 is 0 Å². The SMILES string of the molecule is CC(C)c1ccc(CCc2nc(-c3cnn(CCO)c3)nn2CCF)cc1. The van der Waals surface area contributed by atoms with Gasteiger partial charge in [0.25, 0.3) is 0 Å².